The molecule has 0 aromatic heterocycles. The van der Waals surface area contributed by atoms with Crippen LogP contribution in [0.2, 0.25) is 10.0 Å². The zero-order valence-corrected chi connectivity index (χ0v) is 19.2. The van der Waals surface area contributed by atoms with E-state index in [0.29, 0.717) is 10.0 Å². The van der Waals surface area contributed by atoms with Crippen LogP contribution in [0.5, 0.6) is 0 Å². The van der Waals surface area contributed by atoms with Crippen molar-refractivity contribution in [1.82, 2.24) is 5.32 Å². The Labute approximate surface area is 200 Å². The van der Waals surface area contributed by atoms with Crippen molar-refractivity contribution in [3.05, 3.63) is 106 Å². The SMILES string of the molecule is O=C(NC(CSC(c1ccc(Cl)cc1)c1ccc(Cl)cc1)C(=O)O)OCc1ccccc1. The second kappa shape index (κ2) is 11.8. The molecule has 0 saturated carbocycles. The van der Waals surface area contributed by atoms with Gasteiger partial charge in [-0.15, -0.1) is 11.8 Å². The first-order chi connectivity index (χ1) is 15.4. The van der Waals surface area contributed by atoms with Crippen molar-refractivity contribution < 1.29 is 19.4 Å². The molecule has 0 aliphatic heterocycles. The molecule has 0 saturated heterocycles. The molecule has 0 heterocycles. The van der Waals surface area contributed by atoms with Crippen molar-refractivity contribution in [1.29, 1.82) is 0 Å². The first-order valence-corrected chi connectivity index (χ1v) is 11.6. The summed E-state index contributed by atoms with van der Waals surface area (Å²) < 4.78 is 5.16. The number of nitrogens with one attached hydrogen (secondary N) is 1. The fourth-order valence-electron chi connectivity index (χ4n) is 2.93. The monoisotopic (exact) mass is 489 g/mol. The van der Waals surface area contributed by atoms with Gasteiger partial charge in [0.25, 0.3) is 0 Å². The summed E-state index contributed by atoms with van der Waals surface area (Å²) in [5.74, 6) is -1.01. The molecule has 1 atom stereocenters. The highest BCUT2D eigenvalue weighted by Crippen LogP contribution is 2.37. The van der Waals surface area contributed by atoms with Crippen LogP contribution in [0.1, 0.15) is 21.9 Å². The van der Waals surface area contributed by atoms with Crippen molar-refractivity contribution in [2.24, 2.45) is 0 Å². The molecule has 0 aliphatic rings. The highest BCUT2D eigenvalue weighted by Gasteiger charge is 2.24. The number of benzene rings is 3. The fraction of sp³-hybridized carbons (Fsp3) is 0.167. The molecule has 5 nitrogen and oxygen atoms in total. The Balaban J connectivity index is 1.67. The molecule has 0 fully saturated rings. The summed E-state index contributed by atoms with van der Waals surface area (Å²) in [6.07, 6.45) is -0.781. The first kappa shape index (κ1) is 24.0. The summed E-state index contributed by atoms with van der Waals surface area (Å²) in [7, 11) is 0. The van der Waals surface area contributed by atoms with Gasteiger partial charge >= 0.3 is 12.1 Å². The zero-order valence-electron chi connectivity index (χ0n) is 16.9. The minimum Gasteiger partial charge on any atom is -0.480 e. The highest BCUT2D eigenvalue weighted by molar-refractivity contribution is 7.99. The standard InChI is InChI=1S/C24H21Cl2NO4S/c25-19-10-6-17(7-11-19)22(18-8-12-20(26)13-9-18)32-15-21(23(28)29)27-24(30)31-14-16-4-2-1-3-5-16/h1-13,21-22H,14-15H2,(H,27,30)(H,28,29). The van der Waals surface area contributed by atoms with Gasteiger partial charge in [-0.3, -0.25) is 0 Å². The molecule has 3 rings (SSSR count). The Morgan fingerprint density at radius 1 is 0.875 bits per heavy atom. The molecule has 1 amide bonds. The number of rotatable bonds is 9. The Morgan fingerprint density at radius 3 is 1.91 bits per heavy atom. The summed E-state index contributed by atoms with van der Waals surface area (Å²) in [5.41, 5.74) is 2.73. The maximum absolute atomic E-state index is 12.2. The molecule has 1 unspecified atom stereocenters. The zero-order chi connectivity index (χ0) is 22.9. The fourth-order valence-corrected chi connectivity index (χ4v) is 4.50. The quantitative estimate of drug-likeness (QED) is 0.374. The number of halogens is 2. The molecule has 166 valence electrons. The third kappa shape index (κ3) is 7.19. The van der Waals surface area contributed by atoms with E-state index in [1.54, 1.807) is 24.3 Å². The molecule has 2 N–H and O–H groups in total. The lowest BCUT2D eigenvalue weighted by atomic mass is 10.0. The van der Waals surface area contributed by atoms with Crippen LogP contribution in [-0.2, 0) is 16.1 Å². The summed E-state index contributed by atoms with van der Waals surface area (Å²) in [5, 5.41) is 13.1. The van der Waals surface area contributed by atoms with Gasteiger partial charge in [0.1, 0.15) is 12.6 Å². The highest BCUT2D eigenvalue weighted by atomic mass is 35.5. The van der Waals surface area contributed by atoms with E-state index in [9.17, 15) is 14.7 Å². The van der Waals surface area contributed by atoms with Gasteiger partial charge in [-0.05, 0) is 41.0 Å². The third-order valence-electron chi connectivity index (χ3n) is 4.58. The van der Waals surface area contributed by atoms with E-state index in [4.69, 9.17) is 27.9 Å². The number of carboxylic acids is 1. The number of carboxylic acid groups (broad SMARTS) is 1. The molecule has 8 heteroatoms. The number of carbonyl (C=O) groups is 2. The summed E-state index contributed by atoms with van der Waals surface area (Å²) in [4.78, 5) is 23.9. The molecule has 0 spiro atoms. The Kier molecular flexibility index (Phi) is 8.85. The lowest BCUT2D eigenvalue weighted by Crippen LogP contribution is -2.43. The number of aliphatic carboxylic acids is 1. The van der Waals surface area contributed by atoms with Crippen LogP contribution in [0.15, 0.2) is 78.9 Å². The predicted octanol–water partition coefficient (Wildman–Crippen LogP) is 6.20. The average molecular weight is 490 g/mol. The van der Waals surface area contributed by atoms with Crippen LogP contribution < -0.4 is 5.32 Å². The van der Waals surface area contributed by atoms with Crippen molar-refractivity contribution >= 4 is 47.0 Å². The van der Waals surface area contributed by atoms with Gasteiger partial charge in [-0.2, -0.15) is 0 Å². The maximum Gasteiger partial charge on any atom is 0.408 e. The number of amides is 1. The number of hydrogen-bond acceptors (Lipinski definition) is 4. The molecule has 32 heavy (non-hydrogen) atoms. The summed E-state index contributed by atoms with van der Waals surface area (Å²) >= 11 is 13.4. The molecule has 3 aromatic carbocycles. The van der Waals surface area contributed by atoms with Gasteiger partial charge in [0, 0.05) is 15.8 Å². The molecule has 3 aromatic rings. The molecule has 0 radical (unpaired) electrons. The molecular weight excluding hydrogens is 469 g/mol. The number of hydrogen-bond donors (Lipinski definition) is 2. The van der Waals surface area contributed by atoms with E-state index < -0.39 is 18.1 Å². The van der Waals surface area contributed by atoms with Crippen LogP contribution in [-0.4, -0.2) is 29.0 Å². The second-order valence-corrected chi connectivity index (χ2v) is 8.92. The number of thioether (sulfide) groups is 1. The normalized spacial score (nSPS) is 11.7. The van der Waals surface area contributed by atoms with Crippen molar-refractivity contribution in [3.8, 4) is 0 Å². The summed E-state index contributed by atoms with van der Waals surface area (Å²) in [6.45, 7) is 0.0599. The first-order valence-electron chi connectivity index (χ1n) is 9.75. The van der Waals surface area contributed by atoms with Crippen molar-refractivity contribution in [3.63, 3.8) is 0 Å². The van der Waals surface area contributed by atoms with E-state index in [1.165, 1.54) is 11.8 Å². The van der Waals surface area contributed by atoms with E-state index >= 15 is 0 Å². The number of ether oxygens (including phenoxy) is 1. The van der Waals surface area contributed by atoms with Crippen LogP contribution in [0, 0.1) is 0 Å². The molecular formula is C24H21Cl2NO4S. The smallest absolute Gasteiger partial charge is 0.408 e. The van der Waals surface area contributed by atoms with Crippen molar-refractivity contribution in [2.45, 2.75) is 17.9 Å². The third-order valence-corrected chi connectivity index (χ3v) is 6.49. The maximum atomic E-state index is 12.2. The van der Waals surface area contributed by atoms with Crippen LogP contribution in [0.3, 0.4) is 0 Å². The van der Waals surface area contributed by atoms with E-state index in [1.807, 2.05) is 54.6 Å². The van der Waals surface area contributed by atoms with E-state index in [2.05, 4.69) is 5.32 Å². The van der Waals surface area contributed by atoms with Gasteiger partial charge < -0.3 is 15.2 Å². The topological polar surface area (TPSA) is 75.6 Å². The molecule has 0 aliphatic carbocycles. The van der Waals surface area contributed by atoms with Gasteiger partial charge in [0.15, 0.2) is 0 Å². The second-order valence-electron chi connectivity index (χ2n) is 6.91. The van der Waals surface area contributed by atoms with Crippen molar-refractivity contribution in [2.75, 3.05) is 5.75 Å². The largest absolute Gasteiger partial charge is 0.480 e. The number of alkyl carbamates (subject to hydrolysis) is 1. The van der Waals surface area contributed by atoms with Gasteiger partial charge in [0.2, 0.25) is 0 Å². The van der Waals surface area contributed by atoms with Gasteiger partial charge in [-0.25, -0.2) is 9.59 Å². The van der Waals surface area contributed by atoms with Gasteiger partial charge in [-0.1, -0.05) is 77.8 Å². The minimum atomic E-state index is -1.14. The Morgan fingerprint density at radius 2 is 1.41 bits per heavy atom. The minimum absolute atomic E-state index is 0.0599. The lowest BCUT2D eigenvalue weighted by Gasteiger charge is -2.21. The number of carbonyl (C=O) groups excluding carboxylic acids is 1. The lowest BCUT2D eigenvalue weighted by molar-refractivity contribution is -0.138. The Hall–Kier alpha value is -2.67. The predicted molar refractivity (Wildman–Crippen MR) is 128 cm³/mol. The summed E-state index contributed by atoms with van der Waals surface area (Å²) in [6, 6.07) is 22.8. The molecule has 0 bridgehead atoms. The van der Waals surface area contributed by atoms with Gasteiger partial charge in [0.05, 0.1) is 5.25 Å². The van der Waals surface area contributed by atoms with Crippen LogP contribution in [0.4, 0.5) is 4.79 Å². The average Bonchev–Trinajstić information content (AvgIpc) is 2.79. The van der Waals surface area contributed by atoms with E-state index in [-0.39, 0.29) is 17.6 Å². The van der Waals surface area contributed by atoms with Crippen LogP contribution in [0.25, 0.3) is 0 Å². The van der Waals surface area contributed by atoms with Crippen LogP contribution >= 0.6 is 35.0 Å². The van der Waals surface area contributed by atoms with E-state index in [0.717, 1.165) is 16.7 Å². The Bertz CT molecular complexity index is 985.